The van der Waals surface area contributed by atoms with Gasteiger partial charge in [0.25, 0.3) is 5.91 Å². The summed E-state index contributed by atoms with van der Waals surface area (Å²) in [6, 6.07) is 14.1. The molecule has 0 saturated carbocycles. The maximum Gasteiger partial charge on any atom is 0.256 e. The van der Waals surface area contributed by atoms with Crippen LogP contribution in [0.2, 0.25) is 0 Å². The van der Waals surface area contributed by atoms with Crippen molar-refractivity contribution in [1.82, 2.24) is 24.8 Å². The third-order valence-electron chi connectivity index (χ3n) is 6.51. The summed E-state index contributed by atoms with van der Waals surface area (Å²) in [6.45, 7) is 4.93. The molecule has 1 aliphatic rings. The molecule has 0 saturated heterocycles. The summed E-state index contributed by atoms with van der Waals surface area (Å²) in [5.41, 5.74) is 4.71. The third kappa shape index (κ3) is 5.51. The highest BCUT2D eigenvalue weighted by molar-refractivity contribution is 5.99. The SMILES string of the molecule is COc1cc2c(cc1OC)CN(Cc1cccc(O[C@@H](C)CNC(=O)c3cnn4cccnc34)c1)CC2. The van der Waals surface area contributed by atoms with Crippen LogP contribution in [-0.2, 0) is 19.5 Å². The number of aromatic nitrogens is 3. The van der Waals surface area contributed by atoms with Crippen LogP contribution in [0.5, 0.6) is 17.2 Å². The van der Waals surface area contributed by atoms with E-state index in [1.165, 1.54) is 22.9 Å². The molecule has 0 radical (unpaired) electrons. The summed E-state index contributed by atoms with van der Waals surface area (Å²) in [5, 5.41) is 7.09. The first-order chi connectivity index (χ1) is 18.0. The second-order valence-corrected chi connectivity index (χ2v) is 9.17. The van der Waals surface area contributed by atoms with E-state index in [0.717, 1.165) is 43.3 Å². The van der Waals surface area contributed by atoms with Crippen LogP contribution < -0.4 is 19.5 Å². The van der Waals surface area contributed by atoms with E-state index in [1.54, 1.807) is 37.2 Å². The lowest BCUT2D eigenvalue weighted by molar-refractivity contribution is 0.0933. The van der Waals surface area contributed by atoms with Crippen molar-refractivity contribution >= 4 is 11.6 Å². The van der Waals surface area contributed by atoms with Crippen LogP contribution in [0.15, 0.2) is 61.1 Å². The van der Waals surface area contributed by atoms with Crippen LogP contribution in [-0.4, -0.2) is 58.8 Å². The van der Waals surface area contributed by atoms with Crippen LogP contribution in [0.1, 0.15) is 34.0 Å². The molecule has 1 atom stereocenters. The summed E-state index contributed by atoms with van der Waals surface area (Å²) in [5.74, 6) is 2.09. The fourth-order valence-electron chi connectivity index (χ4n) is 4.64. The molecular weight excluding hydrogens is 470 g/mol. The van der Waals surface area contributed by atoms with E-state index < -0.39 is 0 Å². The highest BCUT2D eigenvalue weighted by Gasteiger charge is 2.20. The molecule has 0 fully saturated rings. The van der Waals surface area contributed by atoms with E-state index in [4.69, 9.17) is 14.2 Å². The number of hydrogen-bond acceptors (Lipinski definition) is 7. The third-order valence-corrected chi connectivity index (χ3v) is 6.51. The number of fused-ring (bicyclic) bond motifs is 2. The zero-order valence-corrected chi connectivity index (χ0v) is 21.3. The second-order valence-electron chi connectivity index (χ2n) is 9.17. The Morgan fingerprint density at radius 2 is 1.92 bits per heavy atom. The lowest BCUT2D eigenvalue weighted by Gasteiger charge is -2.29. The van der Waals surface area contributed by atoms with E-state index in [1.807, 2.05) is 19.1 Å². The normalized spacial score (nSPS) is 14.1. The summed E-state index contributed by atoms with van der Waals surface area (Å²) < 4.78 is 18.6. The highest BCUT2D eigenvalue weighted by Crippen LogP contribution is 2.33. The van der Waals surface area contributed by atoms with Gasteiger partial charge >= 0.3 is 0 Å². The van der Waals surface area contributed by atoms with Crippen molar-refractivity contribution in [2.75, 3.05) is 27.3 Å². The van der Waals surface area contributed by atoms with Gasteiger partial charge in [-0.15, -0.1) is 0 Å². The summed E-state index contributed by atoms with van der Waals surface area (Å²) in [6.07, 6.45) is 5.68. The summed E-state index contributed by atoms with van der Waals surface area (Å²) >= 11 is 0. The minimum atomic E-state index is -0.225. The topological polar surface area (TPSA) is 90.2 Å². The van der Waals surface area contributed by atoms with Gasteiger partial charge in [-0.3, -0.25) is 9.69 Å². The Morgan fingerprint density at radius 3 is 2.73 bits per heavy atom. The fraction of sp³-hybridized carbons (Fsp3) is 0.321. The zero-order valence-electron chi connectivity index (χ0n) is 21.3. The monoisotopic (exact) mass is 501 g/mol. The molecular formula is C28H31N5O4. The van der Waals surface area contributed by atoms with Gasteiger partial charge in [-0.25, -0.2) is 9.50 Å². The average molecular weight is 502 g/mol. The summed E-state index contributed by atoms with van der Waals surface area (Å²) in [4.78, 5) is 19.3. The molecule has 0 bridgehead atoms. The van der Waals surface area contributed by atoms with Crippen molar-refractivity contribution in [2.45, 2.75) is 32.5 Å². The van der Waals surface area contributed by atoms with Gasteiger partial charge in [-0.05, 0) is 60.4 Å². The molecule has 1 amide bonds. The number of nitrogens with one attached hydrogen (secondary N) is 1. The molecule has 5 rings (SSSR count). The predicted octanol–water partition coefficient (Wildman–Crippen LogP) is 3.50. The van der Waals surface area contributed by atoms with Crippen molar-refractivity contribution in [2.24, 2.45) is 0 Å². The average Bonchev–Trinajstić information content (AvgIpc) is 3.35. The lowest BCUT2D eigenvalue weighted by Crippen LogP contribution is -2.33. The van der Waals surface area contributed by atoms with Gasteiger partial charge in [0.15, 0.2) is 17.1 Å². The van der Waals surface area contributed by atoms with Crippen molar-refractivity contribution in [3.05, 3.63) is 83.3 Å². The Bertz CT molecular complexity index is 1400. The molecule has 9 nitrogen and oxygen atoms in total. The largest absolute Gasteiger partial charge is 0.493 e. The Kier molecular flexibility index (Phi) is 7.23. The number of ether oxygens (including phenoxy) is 3. The van der Waals surface area contributed by atoms with Gasteiger partial charge in [0.1, 0.15) is 17.4 Å². The number of benzene rings is 2. The van der Waals surface area contributed by atoms with Gasteiger partial charge in [-0.2, -0.15) is 5.10 Å². The molecule has 2 aromatic heterocycles. The lowest BCUT2D eigenvalue weighted by atomic mass is 9.98. The molecule has 1 N–H and O–H groups in total. The molecule has 9 heteroatoms. The Hall–Kier alpha value is -4.11. The number of hydrogen-bond donors (Lipinski definition) is 1. The first-order valence-corrected chi connectivity index (χ1v) is 12.3. The van der Waals surface area contributed by atoms with Crippen molar-refractivity contribution in [3.63, 3.8) is 0 Å². The van der Waals surface area contributed by atoms with E-state index in [-0.39, 0.29) is 12.0 Å². The van der Waals surface area contributed by atoms with Gasteiger partial charge in [0.2, 0.25) is 0 Å². The second kappa shape index (κ2) is 10.9. The molecule has 0 aliphatic carbocycles. The first-order valence-electron chi connectivity index (χ1n) is 12.3. The number of carbonyl (C=O) groups excluding carboxylic acids is 1. The highest BCUT2D eigenvalue weighted by atomic mass is 16.5. The molecule has 2 aromatic carbocycles. The van der Waals surface area contributed by atoms with E-state index in [0.29, 0.717) is 17.8 Å². The van der Waals surface area contributed by atoms with Crippen molar-refractivity contribution < 1.29 is 19.0 Å². The van der Waals surface area contributed by atoms with Crippen LogP contribution in [0.25, 0.3) is 5.65 Å². The van der Waals surface area contributed by atoms with Crippen molar-refractivity contribution in [3.8, 4) is 17.2 Å². The van der Waals surface area contributed by atoms with E-state index in [2.05, 4.69) is 44.6 Å². The summed E-state index contributed by atoms with van der Waals surface area (Å²) in [7, 11) is 3.34. The molecule has 0 unspecified atom stereocenters. The maximum atomic E-state index is 12.6. The molecule has 4 aromatic rings. The minimum absolute atomic E-state index is 0.210. The number of carbonyl (C=O) groups is 1. The molecule has 0 spiro atoms. The fourth-order valence-corrected chi connectivity index (χ4v) is 4.64. The Balaban J connectivity index is 1.17. The van der Waals surface area contributed by atoms with E-state index in [9.17, 15) is 4.79 Å². The number of rotatable bonds is 9. The minimum Gasteiger partial charge on any atom is -0.493 e. The van der Waals surface area contributed by atoms with Crippen LogP contribution in [0.4, 0.5) is 0 Å². The first kappa shape index (κ1) is 24.6. The van der Waals surface area contributed by atoms with Gasteiger partial charge in [-0.1, -0.05) is 12.1 Å². The zero-order chi connectivity index (χ0) is 25.8. The maximum absolute atomic E-state index is 12.6. The molecule has 192 valence electrons. The van der Waals surface area contributed by atoms with Crippen LogP contribution in [0, 0.1) is 0 Å². The van der Waals surface area contributed by atoms with Gasteiger partial charge in [0, 0.05) is 32.0 Å². The Labute approximate surface area is 216 Å². The number of amides is 1. The van der Waals surface area contributed by atoms with Gasteiger partial charge < -0.3 is 19.5 Å². The quantitative estimate of drug-likeness (QED) is 0.375. The van der Waals surface area contributed by atoms with E-state index >= 15 is 0 Å². The molecule has 1 aliphatic heterocycles. The smallest absolute Gasteiger partial charge is 0.256 e. The van der Waals surface area contributed by atoms with Gasteiger partial charge in [0.05, 0.1) is 27.0 Å². The number of nitrogens with zero attached hydrogens (tertiary/aromatic N) is 4. The molecule has 37 heavy (non-hydrogen) atoms. The standard InChI is InChI=1S/C28H31N5O4/c1-19(15-30-28(34)24-16-31-33-10-5-9-29-27(24)33)37-23-7-4-6-20(12-23)17-32-11-8-21-13-25(35-2)26(36-3)14-22(21)18-32/h4-7,9-10,12-14,16,19H,8,11,15,17-18H2,1-3H3,(H,30,34)/t19-/m0/s1. The Morgan fingerprint density at radius 1 is 1.11 bits per heavy atom. The molecule has 3 heterocycles. The predicted molar refractivity (Wildman–Crippen MR) is 139 cm³/mol. The van der Waals surface area contributed by atoms with Crippen LogP contribution in [0.3, 0.4) is 0 Å². The van der Waals surface area contributed by atoms with Crippen molar-refractivity contribution in [1.29, 1.82) is 0 Å². The van der Waals surface area contributed by atoms with Crippen LogP contribution >= 0.6 is 0 Å². The number of methoxy groups -OCH3 is 2.